The van der Waals surface area contributed by atoms with Crippen LogP contribution < -0.4 is 5.32 Å². The van der Waals surface area contributed by atoms with Crippen LogP contribution in [0.5, 0.6) is 0 Å². The molecule has 0 spiro atoms. The van der Waals surface area contributed by atoms with Crippen LogP contribution in [0.25, 0.3) is 10.6 Å². The van der Waals surface area contributed by atoms with E-state index in [0.717, 1.165) is 17.8 Å². The largest absolute Gasteiger partial charge is 0.417 e. The summed E-state index contributed by atoms with van der Waals surface area (Å²) in [5, 5.41) is 14.4. The molecule has 10 heteroatoms. The molecular weight excluding hydrogens is 503 g/mol. The van der Waals surface area contributed by atoms with Crippen molar-refractivity contribution in [2.75, 3.05) is 5.32 Å². The smallest absolute Gasteiger partial charge is 0.321 e. The van der Waals surface area contributed by atoms with Crippen molar-refractivity contribution < 1.29 is 18.0 Å². The average Bonchev–Trinajstić information content (AvgIpc) is 3.35. The summed E-state index contributed by atoms with van der Waals surface area (Å²) in [6, 6.07) is 18.8. The minimum Gasteiger partial charge on any atom is -0.321 e. The van der Waals surface area contributed by atoms with Gasteiger partial charge in [-0.2, -0.15) is 18.4 Å². The second-order valence-corrected chi connectivity index (χ2v) is 9.30. The summed E-state index contributed by atoms with van der Waals surface area (Å²) in [7, 11) is 0. The summed E-state index contributed by atoms with van der Waals surface area (Å²) in [6.45, 7) is 0. The first-order valence-electron chi connectivity index (χ1n) is 9.66. The van der Waals surface area contributed by atoms with E-state index in [1.165, 1.54) is 11.3 Å². The van der Waals surface area contributed by atoms with Gasteiger partial charge in [-0.3, -0.25) is 4.79 Å². The van der Waals surface area contributed by atoms with Crippen LogP contribution in [-0.4, -0.2) is 10.9 Å². The highest BCUT2D eigenvalue weighted by molar-refractivity contribution is 7.99. The highest BCUT2D eigenvalue weighted by Crippen LogP contribution is 2.41. The van der Waals surface area contributed by atoms with E-state index < -0.39 is 23.2 Å². The Bertz CT molecular complexity index is 1380. The monoisotopic (exact) mass is 515 g/mol. The lowest BCUT2D eigenvalue weighted by Crippen LogP contribution is -2.12. The topological polar surface area (TPSA) is 65.8 Å². The Morgan fingerprint density at radius 1 is 1.09 bits per heavy atom. The fourth-order valence-electron chi connectivity index (χ4n) is 3.04. The van der Waals surface area contributed by atoms with Gasteiger partial charge in [0.25, 0.3) is 5.91 Å². The van der Waals surface area contributed by atoms with Crippen LogP contribution in [-0.2, 0) is 6.18 Å². The zero-order valence-corrected chi connectivity index (χ0v) is 19.4. The van der Waals surface area contributed by atoms with Gasteiger partial charge in [-0.15, -0.1) is 11.3 Å². The highest BCUT2D eigenvalue weighted by Gasteiger charge is 2.36. The molecule has 0 saturated heterocycles. The number of pyridine rings is 1. The molecule has 0 aliphatic rings. The highest BCUT2D eigenvalue weighted by atomic mass is 35.5. The summed E-state index contributed by atoms with van der Waals surface area (Å²) >= 11 is 7.99. The molecule has 1 amide bonds. The Labute approximate surface area is 206 Å². The van der Waals surface area contributed by atoms with Crippen LogP contribution in [0.4, 0.5) is 18.9 Å². The van der Waals surface area contributed by atoms with E-state index in [2.05, 4.69) is 10.3 Å². The van der Waals surface area contributed by atoms with Crippen molar-refractivity contribution in [3.63, 3.8) is 0 Å². The van der Waals surface area contributed by atoms with Crippen LogP contribution in [0.2, 0.25) is 5.02 Å². The van der Waals surface area contributed by atoms with Crippen molar-refractivity contribution in [3.8, 4) is 16.6 Å². The van der Waals surface area contributed by atoms with Crippen molar-refractivity contribution >= 4 is 46.3 Å². The van der Waals surface area contributed by atoms with Crippen molar-refractivity contribution in [2.24, 2.45) is 0 Å². The molecule has 0 aliphatic carbocycles. The number of nitrogens with zero attached hydrogens (tertiary/aromatic N) is 2. The number of carbonyl (C=O) groups excluding carboxylic acids is 1. The Hall–Kier alpha value is -3.32. The molecule has 0 unspecified atom stereocenters. The summed E-state index contributed by atoms with van der Waals surface area (Å²) < 4.78 is 41.4. The molecule has 2 heterocycles. The average molecular weight is 516 g/mol. The second kappa shape index (κ2) is 9.89. The molecular formula is C24H13ClF3N3OS2. The third kappa shape index (κ3) is 5.25. The van der Waals surface area contributed by atoms with Crippen LogP contribution in [0.1, 0.15) is 21.5 Å². The third-order valence-corrected chi connectivity index (χ3v) is 6.83. The molecule has 0 aliphatic heterocycles. The molecule has 0 atom stereocenters. The lowest BCUT2D eigenvalue weighted by molar-refractivity contribution is -0.138. The molecule has 2 aromatic carbocycles. The minimum absolute atomic E-state index is 0.103. The molecule has 4 aromatic rings. The molecule has 2 aromatic heterocycles. The third-order valence-electron chi connectivity index (χ3n) is 4.63. The Morgan fingerprint density at radius 3 is 2.47 bits per heavy atom. The van der Waals surface area contributed by atoms with Crippen molar-refractivity contribution in [3.05, 3.63) is 93.8 Å². The zero-order chi connectivity index (χ0) is 24.3. The number of hydrogen-bond donors (Lipinski definition) is 1. The quantitative estimate of drug-likeness (QED) is 0.295. The van der Waals surface area contributed by atoms with Gasteiger partial charge in [0.05, 0.1) is 27.4 Å². The number of nitrogens with one attached hydrogen (secondary N) is 1. The first kappa shape index (κ1) is 23.8. The lowest BCUT2D eigenvalue weighted by Gasteiger charge is -2.15. The van der Waals surface area contributed by atoms with Crippen molar-refractivity contribution in [2.45, 2.75) is 16.1 Å². The molecule has 1 N–H and O–H groups in total. The van der Waals surface area contributed by atoms with Gasteiger partial charge < -0.3 is 5.32 Å². The fraction of sp³-hybridized carbons (Fsp3) is 0.0417. The predicted octanol–water partition coefficient (Wildman–Crippen LogP) is 7.76. The normalized spacial score (nSPS) is 11.1. The molecule has 170 valence electrons. The number of rotatable bonds is 5. The summed E-state index contributed by atoms with van der Waals surface area (Å²) in [5.74, 6) is -0.415. The Morgan fingerprint density at radius 2 is 1.82 bits per heavy atom. The minimum atomic E-state index is -4.74. The first-order valence-corrected chi connectivity index (χ1v) is 11.7. The van der Waals surface area contributed by atoms with E-state index >= 15 is 0 Å². The van der Waals surface area contributed by atoms with Gasteiger partial charge in [-0.25, -0.2) is 4.98 Å². The van der Waals surface area contributed by atoms with Crippen LogP contribution in [0.15, 0.2) is 82.0 Å². The first-order chi connectivity index (χ1) is 16.3. The van der Waals surface area contributed by atoms with Crippen LogP contribution in [0.3, 0.4) is 0 Å². The maximum Gasteiger partial charge on any atom is 0.417 e. The molecule has 4 nitrogen and oxygen atoms in total. The number of alkyl halides is 3. The maximum absolute atomic E-state index is 13.8. The van der Waals surface area contributed by atoms with Gasteiger partial charge in [0.1, 0.15) is 11.1 Å². The van der Waals surface area contributed by atoms with E-state index in [0.29, 0.717) is 26.0 Å². The summed E-state index contributed by atoms with van der Waals surface area (Å²) in [6.07, 6.45) is -4.74. The number of anilines is 1. The number of halogens is 4. The lowest BCUT2D eigenvalue weighted by atomic mass is 10.1. The Kier molecular flexibility index (Phi) is 6.93. The number of hydrogen-bond acceptors (Lipinski definition) is 5. The number of para-hydroxylation sites is 1. The van der Waals surface area contributed by atoms with E-state index in [9.17, 15) is 23.2 Å². The van der Waals surface area contributed by atoms with E-state index in [-0.39, 0.29) is 10.7 Å². The summed E-state index contributed by atoms with van der Waals surface area (Å²) in [4.78, 5) is 18.0. The van der Waals surface area contributed by atoms with E-state index in [4.69, 9.17) is 11.6 Å². The van der Waals surface area contributed by atoms with Gasteiger partial charge in [0.15, 0.2) is 0 Å². The molecule has 34 heavy (non-hydrogen) atoms. The van der Waals surface area contributed by atoms with Gasteiger partial charge in [0.2, 0.25) is 0 Å². The zero-order valence-electron chi connectivity index (χ0n) is 17.1. The molecule has 0 saturated carbocycles. The molecule has 0 radical (unpaired) electrons. The van der Waals surface area contributed by atoms with Crippen molar-refractivity contribution in [1.29, 1.82) is 5.26 Å². The van der Waals surface area contributed by atoms with Crippen LogP contribution in [0, 0.1) is 11.3 Å². The number of nitriles is 1. The molecule has 4 rings (SSSR count). The standard InChI is InChI=1S/C24H13ClF3N3OS2/c25-15-9-7-14(8-10-15)22(32)30-18-4-1-2-5-21(18)34-23-16(13-29)17(24(26,27)28)12-19(31-23)20-6-3-11-33-20/h1-12H,(H,30,32). The Balaban J connectivity index is 1.74. The van der Waals surface area contributed by atoms with Gasteiger partial charge in [-0.05, 0) is 53.9 Å². The summed E-state index contributed by atoms with van der Waals surface area (Å²) in [5.41, 5.74) is -0.783. The number of thiophene rings is 1. The number of benzene rings is 2. The molecule has 0 bridgehead atoms. The van der Waals surface area contributed by atoms with Gasteiger partial charge in [0, 0.05) is 15.5 Å². The van der Waals surface area contributed by atoms with Crippen molar-refractivity contribution in [1.82, 2.24) is 4.98 Å². The number of amides is 1. The van der Waals surface area contributed by atoms with E-state index in [1.807, 2.05) is 0 Å². The SMILES string of the molecule is N#Cc1c(C(F)(F)F)cc(-c2cccs2)nc1Sc1ccccc1NC(=O)c1ccc(Cl)cc1. The maximum atomic E-state index is 13.8. The second-order valence-electron chi connectivity index (χ2n) is 6.88. The fourth-order valence-corrected chi connectivity index (χ4v) is 4.83. The molecule has 0 fully saturated rings. The van der Waals surface area contributed by atoms with Gasteiger partial charge in [-0.1, -0.05) is 41.6 Å². The van der Waals surface area contributed by atoms with Gasteiger partial charge >= 0.3 is 6.18 Å². The van der Waals surface area contributed by atoms with Crippen LogP contribution >= 0.6 is 34.7 Å². The van der Waals surface area contributed by atoms with E-state index in [1.54, 1.807) is 72.1 Å². The number of aromatic nitrogens is 1. The number of carbonyl (C=O) groups is 1. The predicted molar refractivity (Wildman–Crippen MR) is 127 cm³/mol.